The van der Waals surface area contributed by atoms with E-state index in [4.69, 9.17) is 0 Å². The Bertz CT molecular complexity index is 836. The van der Waals surface area contributed by atoms with E-state index < -0.39 is 0 Å². The minimum absolute atomic E-state index is 0.532. The van der Waals surface area contributed by atoms with Crippen molar-refractivity contribution in [2.24, 2.45) is 10.9 Å². The van der Waals surface area contributed by atoms with Crippen LogP contribution in [0.5, 0.6) is 0 Å². The van der Waals surface area contributed by atoms with Crippen LogP contribution in [0.1, 0.15) is 49.1 Å². The molecule has 0 aromatic heterocycles. The van der Waals surface area contributed by atoms with Crippen LogP contribution >= 0.6 is 0 Å². The van der Waals surface area contributed by atoms with Gasteiger partial charge in [-0.25, -0.2) is 0 Å². The third-order valence-electron chi connectivity index (χ3n) is 7.34. The van der Waals surface area contributed by atoms with E-state index in [2.05, 4.69) is 81.2 Å². The quantitative estimate of drug-likeness (QED) is 0.563. The van der Waals surface area contributed by atoms with Crippen molar-refractivity contribution in [1.29, 1.82) is 0 Å². The second-order valence-electron chi connectivity index (χ2n) is 9.32. The van der Waals surface area contributed by atoms with E-state index in [0.717, 1.165) is 25.0 Å². The number of hydrogen-bond acceptors (Lipinski definition) is 2. The van der Waals surface area contributed by atoms with Crippen LogP contribution in [0, 0.1) is 5.92 Å². The van der Waals surface area contributed by atoms with Crippen molar-refractivity contribution in [3.05, 3.63) is 71.8 Å². The van der Waals surface area contributed by atoms with Gasteiger partial charge in [0.2, 0.25) is 0 Å². The summed E-state index contributed by atoms with van der Waals surface area (Å²) in [6.45, 7) is 2.11. The predicted octanol–water partition coefficient (Wildman–Crippen LogP) is 4.15. The van der Waals surface area contributed by atoms with Crippen molar-refractivity contribution in [2.45, 2.75) is 62.7 Å². The molecule has 4 unspecified atom stereocenters. The van der Waals surface area contributed by atoms with Gasteiger partial charge in [0.05, 0.1) is 0 Å². The molecule has 1 saturated carbocycles. The summed E-state index contributed by atoms with van der Waals surface area (Å²) in [5.41, 5.74) is 2.92. The molecule has 4 nitrogen and oxygen atoms in total. The lowest BCUT2D eigenvalue weighted by molar-refractivity contribution is 0.114. The third kappa shape index (κ3) is 4.39. The maximum atomic E-state index is 4.52. The molecule has 2 saturated heterocycles. The first kappa shape index (κ1) is 19.6. The van der Waals surface area contributed by atoms with E-state index in [1.54, 1.807) is 0 Å². The molecule has 4 heteroatoms. The molecule has 2 aliphatic heterocycles. The fraction of sp³-hybridized carbons (Fsp3) is 0.500. The molecule has 0 amide bonds. The highest BCUT2D eigenvalue weighted by Crippen LogP contribution is 2.46. The summed E-state index contributed by atoms with van der Waals surface area (Å²) >= 11 is 0. The molecular weight excluding hydrogens is 368 g/mol. The summed E-state index contributed by atoms with van der Waals surface area (Å²) < 4.78 is 0. The topological polar surface area (TPSA) is 39.7 Å². The van der Waals surface area contributed by atoms with Crippen molar-refractivity contribution < 1.29 is 0 Å². The molecule has 3 aliphatic rings. The van der Waals surface area contributed by atoms with E-state index in [-0.39, 0.29) is 0 Å². The number of rotatable bonds is 6. The highest BCUT2D eigenvalue weighted by Gasteiger charge is 2.41. The number of guanidine groups is 1. The van der Waals surface area contributed by atoms with Crippen LogP contribution in [0.2, 0.25) is 0 Å². The van der Waals surface area contributed by atoms with Gasteiger partial charge in [-0.1, -0.05) is 60.7 Å². The standard InChI is InChI=1S/C26H34N4/c1-27-26(28-17-21-14-25(21)20-10-6-3-7-11-20)29-22-15-23-12-13-24(16-22)30(23)18-19-8-4-2-5-9-19/h2-11,21-25H,12-18H2,1H3,(H2,27,28,29). The van der Waals surface area contributed by atoms with E-state index in [1.807, 2.05) is 7.05 Å². The summed E-state index contributed by atoms with van der Waals surface area (Å²) in [7, 11) is 1.90. The van der Waals surface area contributed by atoms with Crippen LogP contribution in [0.15, 0.2) is 65.7 Å². The van der Waals surface area contributed by atoms with Gasteiger partial charge in [0.1, 0.15) is 0 Å². The highest BCUT2D eigenvalue weighted by atomic mass is 15.3. The number of nitrogens with zero attached hydrogens (tertiary/aromatic N) is 2. The molecule has 5 rings (SSSR count). The average molecular weight is 403 g/mol. The Hall–Kier alpha value is -2.33. The molecule has 2 aromatic carbocycles. The van der Waals surface area contributed by atoms with E-state index in [9.17, 15) is 0 Å². The molecule has 30 heavy (non-hydrogen) atoms. The maximum Gasteiger partial charge on any atom is 0.191 e. The zero-order valence-electron chi connectivity index (χ0n) is 18.0. The monoisotopic (exact) mass is 402 g/mol. The van der Waals surface area contributed by atoms with Gasteiger partial charge in [-0.05, 0) is 55.1 Å². The third-order valence-corrected chi connectivity index (χ3v) is 7.34. The summed E-state index contributed by atoms with van der Waals surface area (Å²) in [6, 6.07) is 23.8. The van der Waals surface area contributed by atoms with E-state index in [0.29, 0.717) is 24.0 Å². The lowest BCUT2D eigenvalue weighted by atomic mass is 9.96. The average Bonchev–Trinajstić information content (AvgIpc) is 3.53. The van der Waals surface area contributed by atoms with Gasteiger partial charge in [0.25, 0.3) is 0 Å². The van der Waals surface area contributed by atoms with Gasteiger partial charge < -0.3 is 10.6 Å². The van der Waals surface area contributed by atoms with Gasteiger partial charge in [0.15, 0.2) is 5.96 Å². The Morgan fingerprint density at radius 2 is 1.60 bits per heavy atom. The largest absolute Gasteiger partial charge is 0.356 e. The number of nitrogens with one attached hydrogen (secondary N) is 2. The lowest BCUT2D eigenvalue weighted by Gasteiger charge is -2.39. The number of aliphatic imine (C=N–C) groups is 1. The van der Waals surface area contributed by atoms with Crippen LogP contribution in [-0.4, -0.2) is 42.6 Å². The fourth-order valence-electron chi connectivity index (χ4n) is 5.64. The summed E-state index contributed by atoms with van der Waals surface area (Å²) in [4.78, 5) is 7.27. The van der Waals surface area contributed by atoms with Gasteiger partial charge in [-0.15, -0.1) is 0 Å². The van der Waals surface area contributed by atoms with Crippen molar-refractivity contribution in [1.82, 2.24) is 15.5 Å². The van der Waals surface area contributed by atoms with Crippen molar-refractivity contribution in [3.8, 4) is 0 Å². The molecule has 2 bridgehead atoms. The van der Waals surface area contributed by atoms with Gasteiger partial charge in [-0.2, -0.15) is 0 Å². The molecule has 3 fully saturated rings. The predicted molar refractivity (Wildman–Crippen MR) is 124 cm³/mol. The number of piperidine rings is 1. The van der Waals surface area contributed by atoms with Crippen molar-refractivity contribution in [3.63, 3.8) is 0 Å². The normalized spacial score (nSPS) is 30.8. The molecule has 2 heterocycles. The van der Waals surface area contributed by atoms with Crippen molar-refractivity contribution >= 4 is 5.96 Å². The number of fused-ring (bicyclic) bond motifs is 2. The Kier molecular flexibility index (Phi) is 5.76. The molecular formula is C26H34N4. The van der Waals surface area contributed by atoms with Crippen LogP contribution in [0.3, 0.4) is 0 Å². The molecule has 2 aromatic rings. The minimum atomic E-state index is 0.532. The van der Waals surface area contributed by atoms with Gasteiger partial charge in [-0.3, -0.25) is 9.89 Å². The molecule has 1 aliphatic carbocycles. The van der Waals surface area contributed by atoms with Crippen molar-refractivity contribution in [2.75, 3.05) is 13.6 Å². The van der Waals surface area contributed by atoms with Crippen LogP contribution in [-0.2, 0) is 6.54 Å². The van der Waals surface area contributed by atoms with Gasteiger partial charge >= 0.3 is 0 Å². The van der Waals surface area contributed by atoms with Crippen LogP contribution in [0.25, 0.3) is 0 Å². The number of hydrogen-bond donors (Lipinski definition) is 2. The van der Waals surface area contributed by atoms with Crippen LogP contribution < -0.4 is 10.6 Å². The Morgan fingerprint density at radius 3 is 2.27 bits per heavy atom. The smallest absolute Gasteiger partial charge is 0.191 e. The Balaban J connectivity index is 1.10. The summed E-state index contributed by atoms with van der Waals surface area (Å²) in [6.07, 6.45) is 6.40. The number of benzene rings is 2. The zero-order chi connectivity index (χ0) is 20.3. The first-order chi connectivity index (χ1) is 14.8. The molecule has 158 valence electrons. The SMILES string of the molecule is CN=C(NCC1CC1c1ccccc1)NC1CC2CCC(C1)N2Cc1ccccc1. The van der Waals surface area contributed by atoms with Gasteiger partial charge in [0, 0.05) is 38.3 Å². The van der Waals surface area contributed by atoms with Crippen LogP contribution in [0.4, 0.5) is 0 Å². The Labute approximate surface area is 180 Å². The highest BCUT2D eigenvalue weighted by molar-refractivity contribution is 5.80. The maximum absolute atomic E-state index is 4.52. The van der Waals surface area contributed by atoms with E-state index in [1.165, 1.54) is 43.2 Å². The second-order valence-corrected chi connectivity index (χ2v) is 9.32. The lowest BCUT2D eigenvalue weighted by Crippen LogP contribution is -2.52. The first-order valence-electron chi connectivity index (χ1n) is 11.6. The second kappa shape index (κ2) is 8.81. The molecule has 0 radical (unpaired) electrons. The van der Waals surface area contributed by atoms with E-state index >= 15 is 0 Å². The minimum Gasteiger partial charge on any atom is -0.356 e. The summed E-state index contributed by atoms with van der Waals surface area (Å²) in [5, 5.41) is 7.35. The molecule has 4 atom stereocenters. The summed E-state index contributed by atoms with van der Waals surface area (Å²) in [5.74, 6) is 2.43. The Morgan fingerprint density at radius 1 is 0.933 bits per heavy atom. The first-order valence-corrected chi connectivity index (χ1v) is 11.6. The fourth-order valence-corrected chi connectivity index (χ4v) is 5.64. The molecule has 0 spiro atoms. The zero-order valence-corrected chi connectivity index (χ0v) is 18.0. The molecule has 2 N–H and O–H groups in total.